The van der Waals surface area contributed by atoms with Gasteiger partial charge in [0, 0.05) is 25.6 Å². The minimum atomic E-state index is -0.241. The van der Waals surface area contributed by atoms with Crippen LogP contribution >= 0.6 is 0 Å². The Bertz CT molecular complexity index is 1360. The van der Waals surface area contributed by atoms with Crippen molar-refractivity contribution >= 4 is 22.9 Å². The summed E-state index contributed by atoms with van der Waals surface area (Å²) in [5.74, 6) is 1.53. The maximum atomic E-state index is 13.8. The first-order valence-electron chi connectivity index (χ1n) is 12.9. The molecule has 1 fully saturated rings. The molecule has 1 aliphatic rings. The van der Waals surface area contributed by atoms with Crippen molar-refractivity contribution in [2.45, 2.75) is 45.9 Å². The van der Waals surface area contributed by atoms with Gasteiger partial charge in [-0.05, 0) is 74.2 Å². The molecule has 0 spiro atoms. The van der Waals surface area contributed by atoms with Gasteiger partial charge in [-0.3, -0.25) is 4.79 Å². The number of piperidine rings is 1. The fourth-order valence-electron chi connectivity index (χ4n) is 4.91. The summed E-state index contributed by atoms with van der Waals surface area (Å²) < 4.78 is 21.7. The Labute approximate surface area is 217 Å². The van der Waals surface area contributed by atoms with Crippen molar-refractivity contribution in [1.82, 2.24) is 14.9 Å². The van der Waals surface area contributed by atoms with Crippen molar-refractivity contribution in [3.63, 3.8) is 0 Å². The number of rotatable bonds is 8. The normalized spacial score (nSPS) is 14.3. The highest BCUT2D eigenvalue weighted by Crippen LogP contribution is 2.28. The lowest BCUT2D eigenvalue weighted by Gasteiger charge is -2.32. The molecule has 6 nitrogen and oxygen atoms in total. The molecule has 0 atom stereocenters. The van der Waals surface area contributed by atoms with Gasteiger partial charge >= 0.3 is 0 Å². The van der Waals surface area contributed by atoms with Gasteiger partial charge in [0.05, 0.1) is 23.7 Å². The number of nitrogens with zero attached hydrogens (tertiary/aromatic N) is 3. The number of imidazole rings is 1. The summed E-state index contributed by atoms with van der Waals surface area (Å²) in [6.07, 6.45) is 1.65. The van der Waals surface area contributed by atoms with Gasteiger partial charge in [0.15, 0.2) is 0 Å². The molecule has 5 rings (SSSR count). The zero-order valence-corrected chi connectivity index (χ0v) is 21.4. The second kappa shape index (κ2) is 11.0. The number of fused-ring (bicyclic) bond motifs is 1. The third kappa shape index (κ3) is 5.93. The van der Waals surface area contributed by atoms with Crippen LogP contribution in [0, 0.1) is 11.7 Å². The SMILES string of the molecule is CC(C)Oc1ccc(CNC(=O)C2CCN(c3nc4ccccc4n3Cc3cccc(F)c3)CC2)cc1. The second-order valence-corrected chi connectivity index (χ2v) is 9.91. The highest BCUT2D eigenvalue weighted by molar-refractivity contribution is 5.80. The Morgan fingerprint density at radius 2 is 1.78 bits per heavy atom. The summed E-state index contributed by atoms with van der Waals surface area (Å²) in [7, 11) is 0. The van der Waals surface area contributed by atoms with E-state index >= 15 is 0 Å². The van der Waals surface area contributed by atoms with Crippen LogP contribution in [0.25, 0.3) is 11.0 Å². The average molecular weight is 501 g/mol. The molecule has 0 unspecified atom stereocenters. The number of nitrogens with one attached hydrogen (secondary N) is 1. The summed E-state index contributed by atoms with van der Waals surface area (Å²) in [6, 6.07) is 22.6. The first-order valence-corrected chi connectivity index (χ1v) is 12.9. The summed E-state index contributed by atoms with van der Waals surface area (Å²) in [5, 5.41) is 3.10. The molecule has 1 N–H and O–H groups in total. The molecule has 0 saturated carbocycles. The molecule has 1 saturated heterocycles. The number of carbonyl (C=O) groups excluding carboxylic acids is 1. The van der Waals surface area contributed by atoms with Crippen LogP contribution in [-0.4, -0.2) is 34.7 Å². The van der Waals surface area contributed by atoms with E-state index < -0.39 is 0 Å². The molecule has 1 aromatic heterocycles. The molecule has 4 aromatic rings. The fourth-order valence-corrected chi connectivity index (χ4v) is 4.91. The Morgan fingerprint density at radius 3 is 2.51 bits per heavy atom. The number of halogens is 1. The monoisotopic (exact) mass is 500 g/mol. The van der Waals surface area contributed by atoms with Crippen LogP contribution in [0.2, 0.25) is 0 Å². The Morgan fingerprint density at radius 1 is 1.03 bits per heavy atom. The molecule has 3 aromatic carbocycles. The first-order chi connectivity index (χ1) is 18.0. The van der Waals surface area contributed by atoms with E-state index in [2.05, 4.69) is 14.8 Å². The van der Waals surface area contributed by atoms with Crippen molar-refractivity contribution < 1.29 is 13.9 Å². The lowest BCUT2D eigenvalue weighted by molar-refractivity contribution is -0.125. The van der Waals surface area contributed by atoms with Crippen molar-refractivity contribution in [2.75, 3.05) is 18.0 Å². The van der Waals surface area contributed by atoms with E-state index in [1.807, 2.05) is 68.4 Å². The number of anilines is 1. The van der Waals surface area contributed by atoms with Crippen molar-refractivity contribution in [3.8, 4) is 5.75 Å². The maximum absolute atomic E-state index is 13.8. The zero-order valence-electron chi connectivity index (χ0n) is 21.4. The van der Waals surface area contributed by atoms with E-state index in [4.69, 9.17) is 9.72 Å². The second-order valence-electron chi connectivity index (χ2n) is 9.91. The number of hydrogen-bond acceptors (Lipinski definition) is 4. The van der Waals surface area contributed by atoms with E-state index in [1.54, 1.807) is 12.1 Å². The van der Waals surface area contributed by atoms with Gasteiger partial charge in [0.2, 0.25) is 11.9 Å². The summed E-state index contributed by atoms with van der Waals surface area (Å²) in [5.41, 5.74) is 3.88. The van der Waals surface area contributed by atoms with E-state index in [1.165, 1.54) is 6.07 Å². The number of carbonyl (C=O) groups is 1. The predicted molar refractivity (Wildman–Crippen MR) is 144 cm³/mol. The largest absolute Gasteiger partial charge is 0.491 e. The molecule has 0 bridgehead atoms. The van der Waals surface area contributed by atoms with Crippen LogP contribution in [0.4, 0.5) is 10.3 Å². The van der Waals surface area contributed by atoms with Crippen LogP contribution in [0.1, 0.15) is 37.8 Å². The van der Waals surface area contributed by atoms with E-state index in [0.29, 0.717) is 13.1 Å². The third-order valence-electron chi connectivity index (χ3n) is 6.77. The smallest absolute Gasteiger partial charge is 0.223 e. The van der Waals surface area contributed by atoms with Crippen LogP contribution in [0.3, 0.4) is 0 Å². The van der Waals surface area contributed by atoms with Crippen LogP contribution < -0.4 is 15.0 Å². The molecule has 0 radical (unpaired) electrons. The molecule has 1 aliphatic heterocycles. The summed E-state index contributed by atoms with van der Waals surface area (Å²) >= 11 is 0. The number of hydrogen-bond donors (Lipinski definition) is 1. The first kappa shape index (κ1) is 24.8. The predicted octanol–water partition coefficient (Wildman–Crippen LogP) is 5.54. The van der Waals surface area contributed by atoms with E-state index in [9.17, 15) is 9.18 Å². The molecule has 1 amide bonds. The van der Waals surface area contributed by atoms with Crippen molar-refractivity contribution in [2.24, 2.45) is 5.92 Å². The average Bonchev–Trinajstić information content (AvgIpc) is 3.26. The number of para-hydroxylation sites is 2. The molecule has 192 valence electrons. The van der Waals surface area contributed by atoms with Gasteiger partial charge in [-0.25, -0.2) is 9.37 Å². The van der Waals surface area contributed by atoms with Gasteiger partial charge in [-0.2, -0.15) is 0 Å². The molecule has 37 heavy (non-hydrogen) atoms. The summed E-state index contributed by atoms with van der Waals surface area (Å²) in [6.45, 7) is 6.52. The standard InChI is InChI=1S/C30H33FN4O2/c1-21(2)37-26-12-10-22(11-13-26)19-32-29(36)24-14-16-34(17-15-24)30-33-27-8-3-4-9-28(27)35(30)20-23-6-5-7-25(31)18-23/h3-13,18,21,24H,14-17,19-20H2,1-2H3,(H,32,36). The third-order valence-corrected chi connectivity index (χ3v) is 6.77. The van der Waals surface area contributed by atoms with Crippen molar-refractivity contribution in [1.29, 1.82) is 0 Å². The Hall–Kier alpha value is -3.87. The van der Waals surface area contributed by atoms with Crippen LogP contribution in [-0.2, 0) is 17.9 Å². The number of aromatic nitrogens is 2. The van der Waals surface area contributed by atoms with Crippen LogP contribution in [0.5, 0.6) is 5.75 Å². The number of ether oxygens (including phenoxy) is 1. The Balaban J connectivity index is 1.22. The van der Waals surface area contributed by atoms with Crippen LogP contribution in [0.15, 0.2) is 72.8 Å². The number of benzene rings is 3. The summed E-state index contributed by atoms with van der Waals surface area (Å²) in [4.78, 5) is 20.1. The highest BCUT2D eigenvalue weighted by atomic mass is 19.1. The molecular formula is C30H33FN4O2. The number of amides is 1. The maximum Gasteiger partial charge on any atom is 0.223 e. The topological polar surface area (TPSA) is 59.4 Å². The van der Waals surface area contributed by atoms with Gasteiger partial charge < -0.3 is 19.5 Å². The van der Waals surface area contributed by atoms with E-state index in [0.717, 1.165) is 59.8 Å². The van der Waals surface area contributed by atoms with Gasteiger partial charge in [-0.15, -0.1) is 0 Å². The Kier molecular flexibility index (Phi) is 7.40. The fraction of sp³-hybridized carbons (Fsp3) is 0.333. The molecule has 0 aliphatic carbocycles. The van der Waals surface area contributed by atoms with E-state index in [-0.39, 0.29) is 23.7 Å². The molecular weight excluding hydrogens is 467 g/mol. The lowest BCUT2D eigenvalue weighted by atomic mass is 9.96. The van der Waals surface area contributed by atoms with Gasteiger partial charge in [0.25, 0.3) is 0 Å². The minimum Gasteiger partial charge on any atom is -0.491 e. The van der Waals surface area contributed by atoms with Gasteiger partial charge in [0.1, 0.15) is 11.6 Å². The zero-order chi connectivity index (χ0) is 25.8. The van der Waals surface area contributed by atoms with Gasteiger partial charge in [-0.1, -0.05) is 36.4 Å². The highest BCUT2D eigenvalue weighted by Gasteiger charge is 2.27. The van der Waals surface area contributed by atoms with Crippen molar-refractivity contribution in [3.05, 3.63) is 89.7 Å². The lowest BCUT2D eigenvalue weighted by Crippen LogP contribution is -2.41. The minimum absolute atomic E-state index is 0.0270. The molecule has 7 heteroatoms. The quantitative estimate of drug-likeness (QED) is 0.345. The molecule has 2 heterocycles.